The van der Waals surface area contributed by atoms with E-state index < -0.39 is 6.04 Å². The van der Waals surface area contributed by atoms with Crippen LogP contribution in [-0.4, -0.2) is 39.5 Å². The zero-order valence-corrected chi connectivity index (χ0v) is 20.6. The van der Waals surface area contributed by atoms with Crippen molar-refractivity contribution in [2.24, 2.45) is 10.7 Å². The van der Waals surface area contributed by atoms with Crippen LogP contribution in [0.4, 0.5) is 0 Å². The molecule has 10 heteroatoms. The van der Waals surface area contributed by atoms with Gasteiger partial charge in [-0.05, 0) is 51.4 Å². The fourth-order valence-electron chi connectivity index (χ4n) is 3.71. The molecule has 0 saturated carbocycles. The smallest absolute Gasteiger partial charge is 0.222 e. The van der Waals surface area contributed by atoms with Crippen LogP contribution in [0.15, 0.2) is 29.3 Å². The van der Waals surface area contributed by atoms with E-state index in [-0.39, 0.29) is 24.7 Å². The lowest BCUT2D eigenvalue weighted by atomic mass is 9.99. The average molecular weight is 493 g/mol. The molecule has 1 aromatic carbocycles. The molecule has 7 nitrogen and oxygen atoms in total. The first kappa shape index (κ1) is 24.4. The number of benzene rings is 1. The van der Waals surface area contributed by atoms with Gasteiger partial charge in [0, 0.05) is 27.6 Å². The number of fused-ring (bicyclic) bond motifs is 3. The van der Waals surface area contributed by atoms with Crippen molar-refractivity contribution >= 4 is 47.0 Å². The highest BCUT2D eigenvalue weighted by Crippen LogP contribution is 2.39. The number of aromatic nitrogens is 3. The van der Waals surface area contributed by atoms with Gasteiger partial charge in [-0.25, -0.2) is 0 Å². The molecule has 0 spiro atoms. The van der Waals surface area contributed by atoms with E-state index in [4.69, 9.17) is 22.3 Å². The number of rotatable bonds is 6. The summed E-state index contributed by atoms with van der Waals surface area (Å²) in [7, 11) is 0. The molecule has 2 aromatic heterocycles. The normalized spacial score (nSPS) is 14.7. The molecule has 3 heterocycles. The van der Waals surface area contributed by atoms with Crippen molar-refractivity contribution < 1.29 is 4.79 Å². The minimum Gasteiger partial charge on any atom is -0.356 e. The summed E-state index contributed by atoms with van der Waals surface area (Å²) in [6.07, 6.45) is 0.924. The molecular weight excluding hydrogens is 467 g/mol. The van der Waals surface area contributed by atoms with E-state index in [9.17, 15) is 4.79 Å². The average Bonchev–Trinajstić information content (AvgIpc) is 3.21. The second-order valence-corrected chi connectivity index (χ2v) is 9.24. The molecule has 0 unspecified atom stereocenters. The minimum atomic E-state index is -0.455. The monoisotopic (exact) mass is 492 g/mol. The maximum absolute atomic E-state index is 12.6. The Balaban J connectivity index is 0.00000289. The Bertz CT molecular complexity index is 1150. The third-order valence-corrected chi connectivity index (χ3v) is 6.88. The number of carbonyl (C=O) groups excluding carboxylic acids is 1. The number of halogens is 2. The summed E-state index contributed by atoms with van der Waals surface area (Å²) in [4.78, 5) is 18.9. The first-order valence-corrected chi connectivity index (χ1v) is 11.4. The highest BCUT2D eigenvalue weighted by atomic mass is 35.5. The van der Waals surface area contributed by atoms with Gasteiger partial charge < -0.3 is 11.1 Å². The van der Waals surface area contributed by atoms with Crippen LogP contribution in [0.25, 0.3) is 5.00 Å². The number of amides is 1. The number of nitrogens with one attached hydrogen (secondary N) is 1. The summed E-state index contributed by atoms with van der Waals surface area (Å²) >= 11 is 7.82. The molecular formula is C22H26Cl2N6OS. The van der Waals surface area contributed by atoms with Crippen LogP contribution in [-0.2, 0) is 4.79 Å². The van der Waals surface area contributed by atoms with E-state index in [1.807, 2.05) is 35.8 Å². The Morgan fingerprint density at radius 2 is 1.94 bits per heavy atom. The summed E-state index contributed by atoms with van der Waals surface area (Å²) in [5, 5.41) is 13.4. The van der Waals surface area contributed by atoms with Crippen LogP contribution in [0, 0.1) is 20.8 Å². The second-order valence-electron chi connectivity index (χ2n) is 7.60. The van der Waals surface area contributed by atoms with E-state index in [0.717, 1.165) is 34.1 Å². The molecule has 0 aliphatic carbocycles. The number of hydrogen-bond donors (Lipinski definition) is 2. The lowest BCUT2D eigenvalue weighted by molar-refractivity contribution is -0.121. The van der Waals surface area contributed by atoms with Crippen LogP contribution in [0.2, 0.25) is 5.02 Å². The van der Waals surface area contributed by atoms with E-state index in [0.29, 0.717) is 23.9 Å². The number of hydrogen-bond acceptors (Lipinski definition) is 6. The number of carbonyl (C=O) groups is 1. The molecule has 0 saturated heterocycles. The maximum atomic E-state index is 12.6. The molecule has 1 amide bonds. The predicted molar refractivity (Wildman–Crippen MR) is 132 cm³/mol. The number of aryl methyl sites for hydroxylation is 2. The molecule has 1 aliphatic rings. The lowest BCUT2D eigenvalue weighted by Crippen LogP contribution is -2.27. The van der Waals surface area contributed by atoms with Gasteiger partial charge in [0.1, 0.15) is 16.9 Å². The Hall–Kier alpha value is -2.26. The third-order valence-electron chi connectivity index (χ3n) is 5.44. The van der Waals surface area contributed by atoms with Crippen molar-refractivity contribution in [1.29, 1.82) is 0 Å². The van der Waals surface area contributed by atoms with Crippen LogP contribution < -0.4 is 11.1 Å². The minimum absolute atomic E-state index is 0. The SMILES string of the molecule is Cc1sc2c(c1C)C(c1ccc(Cl)cc1)=N[C@@H](CC(=O)NCCCN)c1nnc(C)n1-2.Cl. The summed E-state index contributed by atoms with van der Waals surface area (Å²) < 4.78 is 2.05. The quantitative estimate of drug-likeness (QED) is 0.506. The van der Waals surface area contributed by atoms with E-state index in [2.05, 4.69) is 29.4 Å². The van der Waals surface area contributed by atoms with E-state index in [1.165, 1.54) is 10.4 Å². The van der Waals surface area contributed by atoms with Gasteiger partial charge in [-0.15, -0.1) is 33.9 Å². The number of aliphatic imine (C=N–C) groups is 1. The van der Waals surface area contributed by atoms with Crippen molar-refractivity contribution in [3.63, 3.8) is 0 Å². The van der Waals surface area contributed by atoms with Gasteiger partial charge in [0.2, 0.25) is 5.91 Å². The second kappa shape index (κ2) is 10.1. The highest BCUT2D eigenvalue weighted by molar-refractivity contribution is 7.15. The molecule has 1 atom stereocenters. The Labute approximate surface area is 202 Å². The topological polar surface area (TPSA) is 98.2 Å². The van der Waals surface area contributed by atoms with Gasteiger partial charge in [-0.3, -0.25) is 14.4 Å². The van der Waals surface area contributed by atoms with Gasteiger partial charge in [-0.1, -0.05) is 23.7 Å². The summed E-state index contributed by atoms with van der Waals surface area (Å²) in [6, 6.07) is 7.20. The Kier molecular flexibility index (Phi) is 7.71. The van der Waals surface area contributed by atoms with Gasteiger partial charge in [0.05, 0.1) is 12.1 Å². The number of nitrogens with two attached hydrogens (primary N) is 1. The summed E-state index contributed by atoms with van der Waals surface area (Å²) in [6.45, 7) is 7.23. The Morgan fingerprint density at radius 1 is 1.22 bits per heavy atom. The van der Waals surface area contributed by atoms with Gasteiger partial charge in [0.15, 0.2) is 5.82 Å². The molecule has 170 valence electrons. The zero-order chi connectivity index (χ0) is 22.1. The fourth-order valence-corrected chi connectivity index (χ4v) is 5.05. The molecule has 4 rings (SSSR count). The van der Waals surface area contributed by atoms with Crippen LogP contribution >= 0.6 is 35.3 Å². The third kappa shape index (κ3) is 4.59. The van der Waals surface area contributed by atoms with Crippen LogP contribution in [0.3, 0.4) is 0 Å². The van der Waals surface area contributed by atoms with Crippen molar-refractivity contribution in [2.75, 3.05) is 13.1 Å². The largest absolute Gasteiger partial charge is 0.356 e. The van der Waals surface area contributed by atoms with Gasteiger partial charge in [0.25, 0.3) is 0 Å². The molecule has 3 N–H and O–H groups in total. The van der Waals surface area contributed by atoms with E-state index in [1.54, 1.807) is 11.3 Å². The van der Waals surface area contributed by atoms with Crippen LogP contribution in [0.5, 0.6) is 0 Å². The van der Waals surface area contributed by atoms with Crippen molar-refractivity contribution in [1.82, 2.24) is 20.1 Å². The number of nitrogens with zero attached hydrogens (tertiary/aromatic N) is 4. The van der Waals surface area contributed by atoms with Crippen molar-refractivity contribution in [3.8, 4) is 5.00 Å². The molecule has 3 aromatic rings. The van der Waals surface area contributed by atoms with Crippen molar-refractivity contribution in [3.05, 3.63) is 62.5 Å². The predicted octanol–water partition coefficient (Wildman–Crippen LogP) is 4.08. The lowest BCUT2D eigenvalue weighted by Gasteiger charge is -2.13. The summed E-state index contributed by atoms with van der Waals surface area (Å²) in [5.74, 6) is 1.37. The highest BCUT2D eigenvalue weighted by Gasteiger charge is 2.32. The van der Waals surface area contributed by atoms with Crippen LogP contribution in [0.1, 0.15) is 52.1 Å². The van der Waals surface area contributed by atoms with Crippen molar-refractivity contribution in [2.45, 2.75) is 39.7 Å². The molecule has 32 heavy (non-hydrogen) atoms. The maximum Gasteiger partial charge on any atom is 0.222 e. The molecule has 0 bridgehead atoms. The zero-order valence-electron chi connectivity index (χ0n) is 18.2. The van der Waals surface area contributed by atoms with E-state index >= 15 is 0 Å². The first-order valence-electron chi connectivity index (χ1n) is 10.2. The summed E-state index contributed by atoms with van der Waals surface area (Å²) in [5.41, 5.74) is 9.56. The Morgan fingerprint density at radius 3 is 2.62 bits per heavy atom. The molecule has 0 radical (unpaired) electrons. The fraction of sp³-hybridized carbons (Fsp3) is 0.364. The number of thiophene rings is 1. The molecule has 1 aliphatic heterocycles. The standard InChI is InChI=1S/C22H25ClN6OS.ClH/c1-12-13(2)31-22-19(12)20(15-5-7-16(23)8-6-15)26-17(11-18(30)25-10-4-9-24)21-28-27-14(3)29(21)22;/h5-8,17H,4,9-11,24H2,1-3H3,(H,25,30);1H/t17-;/m0./s1. The van der Waals surface area contributed by atoms with Gasteiger partial charge >= 0.3 is 0 Å². The van der Waals surface area contributed by atoms with Gasteiger partial charge in [-0.2, -0.15) is 0 Å². The molecule has 0 fully saturated rings. The first-order chi connectivity index (χ1) is 14.9.